The van der Waals surface area contributed by atoms with Gasteiger partial charge in [-0.15, -0.1) is 47.4 Å². The Hall–Kier alpha value is -4.25. The lowest BCUT2D eigenvalue weighted by atomic mass is 10.3. The minimum absolute atomic E-state index is 0. The number of tetrazole rings is 1. The zero-order valence-electron chi connectivity index (χ0n) is 19.1. The molecule has 5 heterocycles. The minimum Gasteiger partial charge on any atom is -0.472 e. The normalized spacial score (nSPS) is 9.44. The second-order valence-electron chi connectivity index (χ2n) is 6.85. The van der Waals surface area contributed by atoms with Gasteiger partial charge < -0.3 is 36.0 Å². The van der Waals surface area contributed by atoms with Crippen LogP contribution < -0.4 is 17.2 Å². The summed E-state index contributed by atoms with van der Waals surface area (Å²) in [6.07, 6.45) is 15.9. The van der Waals surface area contributed by atoms with Crippen LogP contribution in [-0.2, 0) is 25.9 Å². The van der Waals surface area contributed by atoms with Crippen LogP contribution in [0.4, 0.5) is 11.9 Å². The van der Waals surface area contributed by atoms with Gasteiger partial charge in [0, 0.05) is 29.1 Å². The van der Waals surface area contributed by atoms with Gasteiger partial charge >= 0.3 is 0 Å². The summed E-state index contributed by atoms with van der Waals surface area (Å²) in [4.78, 5) is 14.9. The number of aromatic amines is 2. The van der Waals surface area contributed by atoms with Crippen LogP contribution in [0.25, 0.3) is 0 Å². The number of rotatable bonds is 6. The van der Waals surface area contributed by atoms with E-state index in [4.69, 9.17) is 32.5 Å². The molecule has 5 aromatic heterocycles. The molecule has 0 fully saturated rings. The molecule has 8 N–H and O–H groups in total. The molecule has 5 aromatic rings. The van der Waals surface area contributed by atoms with Crippen molar-refractivity contribution in [2.75, 3.05) is 11.5 Å². The Bertz CT molecular complexity index is 1270. The first kappa shape index (κ1) is 29.8. The Morgan fingerprint density at radius 3 is 2.03 bits per heavy atom. The summed E-state index contributed by atoms with van der Waals surface area (Å²) in [5.74, 6) is 3.89. The van der Waals surface area contributed by atoms with E-state index < -0.39 is 0 Å². The third kappa shape index (κ3) is 9.94. The lowest BCUT2D eigenvalue weighted by Crippen LogP contribution is -2.03. The summed E-state index contributed by atoms with van der Waals surface area (Å²) in [6, 6.07) is 3.71. The highest BCUT2D eigenvalue weighted by Gasteiger charge is 2.07. The quantitative estimate of drug-likeness (QED) is 0.199. The number of hydrogen-bond acceptors (Lipinski definition) is 10. The Labute approximate surface area is 219 Å². The number of anilines is 2. The highest BCUT2D eigenvalue weighted by atomic mass is 35.5. The van der Waals surface area contributed by atoms with Crippen molar-refractivity contribution >= 4 is 36.7 Å². The Morgan fingerprint density at radius 1 is 0.944 bits per heavy atom. The van der Waals surface area contributed by atoms with Crippen LogP contribution in [0.1, 0.15) is 28.3 Å². The molecule has 0 aliphatic carbocycles. The zero-order chi connectivity index (χ0) is 24.2. The summed E-state index contributed by atoms with van der Waals surface area (Å²) < 4.78 is 9.70. The predicted octanol–water partition coefficient (Wildman–Crippen LogP) is 1.96. The van der Waals surface area contributed by atoms with E-state index in [0.29, 0.717) is 43.7 Å². The number of nitrogens with one attached hydrogen (secondary N) is 2. The number of terminal acetylenes is 1. The molecule has 0 amide bonds. The molecular weight excluding hydrogens is 509 g/mol. The van der Waals surface area contributed by atoms with Gasteiger partial charge in [-0.25, -0.2) is 9.97 Å². The van der Waals surface area contributed by atoms with E-state index in [1.54, 1.807) is 37.4 Å². The molecule has 0 aliphatic heterocycles. The smallest absolute Gasteiger partial charge is 0.197 e. The van der Waals surface area contributed by atoms with Crippen LogP contribution in [0.15, 0.2) is 58.4 Å². The van der Waals surface area contributed by atoms with Gasteiger partial charge in [-0.2, -0.15) is 4.80 Å². The lowest BCUT2D eigenvalue weighted by Gasteiger charge is -1.93. The Kier molecular flexibility index (Phi) is 12.9. The molecule has 192 valence electrons. The van der Waals surface area contributed by atoms with E-state index in [1.807, 2.05) is 12.1 Å². The number of nitrogen functional groups attached to an aromatic ring is 2. The van der Waals surface area contributed by atoms with Gasteiger partial charge in [0.2, 0.25) is 0 Å². The number of H-pyrrole nitrogens is 2. The first-order valence-electron chi connectivity index (χ1n) is 10.1. The number of furan rings is 2. The highest BCUT2D eigenvalue weighted by Crippen LogP contribution is 2.05. The third-order valence-electron chi connectivity index (χ3n) is 4.15. The fourth-order valence-corrected chi connectivity index (χ4v) is 2.58. The molecule has 0 atom stereocenters. The zero-order valence-corrected chi connectivity index (χ0v) is 20.7. The molecule has 0 saturated heterocycles. The van der Waals surface area contributed by atoms with Crippen LogP contribution in [0.3, 0.4) is 0 Å². The maximum Gasteiger partial charge on any atom is 0.197 e. The van der Waals surface area contributed by atoms with E-state index in [1.165, 1.54) is 4.80 Å². The Morgan fingerprint density at radius 2 is 1.56 bits per heavy atom. The van der Waals surface area contributed by atoms with Crippen molar-refractivity contribution in [3.05, 3.63) is 77.9 Å². The number of nitrogens with zero attached hydrogens (tertiary/aromatic N) is 6. The summed E-state index contributed by atoms with van der Waals surface area (Å²) in [5.41, 5.74) is 19.8. The molecule has 0 unspecified atom stereocenters. The highest BCUT2D eigenvalue weighted by molar-refractivity contribution is 5.85. The van der Waals surface area contributed by atoms with Crippen LogP contribution >= 0.6 is 24.8 Å². The van der Waals surface area contributed by atoms with E-state index in [-0.39, 0.29) is 24.8 Å². The molecule has 36 heavy (non-hydrogen) atoms. The van der Waals surface area contributed by atoms with Crippen LogP contribution in [0, 0.1) is 12.3 Å². The fraction of sp³-hybridized carbons (Fsp3) is 0.190. The molecule has 0 radical (unpaired) electrons. The predicted molar refractivity (Wildman–Crippen MR) is 138 cm³/mol. The number of halogens is 2. The average Bonchev–Trinajstić information content (AvgIpc) is 3.63. The van der Waals surface area contributed by atoms with Crippen molar-refractivity contribution in [3.8, 4) is 12.3 Å². The molecule has 13 nitrogen and oxygen atoms in total. The first-order valence-corrected chi connectivity index (χ1v) is 10.1. The van der Waals surface area contributed by atoms with E-state index in [9.17, 15) is 0 Å². The SMILES string of the molecule is C#CCc1cnc(N)[nH]1.Cl.Cl.NCc1ccoc1.Nc1ncc(Cc2nnn(Cc3ccoc3)n2)[nH]1. The fourth-order valence-electron chi connectivity index (χ4n) is 2.58. The van der Waals surface area contributed by atoms with Gasteiger partial charge in [0.15, 0.2) is 17.7 Å². The van der Waals surface area contributed by atoms with Crippen molar-refractivity contribution < 1.29 is 8.83 Å². The van der Waals surface area contributed by atoms with Crippen LogP contribution in [0.5, 0.6) is 0 Å². The van der Waals surface area contributed by atoms with E-state index in [2.05, 4.69) is 41.3 Å². The van der Waals surface area contributed by atoms with Crippen molar-refractivity contribution in [2.24, 2.45) is 5.73 Å². The molecule has 15 heteroatoms. The maximum absolute atomic E-state index is 5.49. The topological polar surface area (TPSA) is 205 Å². The average molecular weight is 536 g/mol. The van der Waals surface area contributed by atoms with Crippen LogP contribution in [-0.4, -0.2) is 40.1 Å². The third-order valence-corrected chi connectivity index (χ3v) is 4.15. The first-order chi connectivity index (χ1) is 16.6. The standard InChI is InChI=1S/C10H11N7O.C6H7N3.C5H7NO.2ClH/c11-10-12-4-8(13-10)3-9-14-16-17(15-9)5-7-1-2-18-6-7;1-2-3-5-4-8-6(7)9-5;6-3-5-1-2-7-4-5;;/h1-2,4,6H,3,5H2,(H3,11,12,13);1,4H,3H2,(H3,7,8,9);1-2,4H,3,6H2;2*1H. The van der Waals surface area contributed by atoms with Crippen LogP contribution in [0.2, 0.25) is 0 Å². The van der Waals surface area contributed by atoms with Gasteiger partial charge in [0.1, 0.15) is 0 Å². The van der Waals surface area contributed by atoms with Crippen molar-refractivity contribution in [2.45, 2.75) is 25.9 Å². The number of nitrogens with two attached hydrogens (primary N) is 3. The monoisotopic (exact) mass is 535 g/mol. The summed E-state index contributed by atoms with van der Waals surface area (Å²) >= 11 is 0. The number of hydrogen-bond donors (Lipinski definition) is 5. The van der Waals surface area contributed by atoms with E-state index >= 15 is 0 Å². The van der Waals surface area contributed by atoms with Crippen molar-refractivity contribution in [3.63, 3.8) is 0 Å². The van der Waals surface area contributed by atoms with E-state index in [0.717, 1.165) is 22.5 Å². The summed E-state index contributed by atoms with van der Waals surface area (Å²) in [5, 5.41) is 12.2. The van der Waals surface area contributed by atoms with Gasteiger partial charge in [-0.1, -0.05) is 0 Å². The molecular formula is C21H27Cl2N11O2. The van der Waals surface area contributed by atoms with Gasteiger partial charge in [0.25, 0.3) is 0 Å². The lowest BCUT2D eigenvalue weighted by molar-refractivity contribution is 0.543. The molecule has 0 aliphatic rings. The van der Waals surface area contributed by atoms with Gasteiger partial charge in [-0.05, 0) is 17.3 Å². The summed E-state index contributed by atoms with van der Waals surface area (Å²) in [6.45, 7) is 1.10. The van der Waals surface area contributed by atoms with Crippen molar-refractivity contribution in [1.82, 2.24) is 40.1 Å². The largest absolute Gasteiger partial charge is 0.472 e. The maximum atomic E-state index is 5.49. The molecule has 5 rings (SSSR count). The second kappa shape index (κ2) is 15.6. The number of aromatic nitrogens is 8. The van der Waals surface area contributed by atoms with Gasteiger partial charge in [0.05, 0.1) is 56.8 Å². The van der Waals surface area contributed by atoms with Crippen molar-refractivity contribution in [1.29, 1.82) is 0 Å². The van der Waals surface area contributed by atoms with Gasteiger partial charge in [-0.3, -0.25) is 0 Å². The molecule has 0 spiro atoms. The summed E-state index contributed by atoms with van der Waals surface area (Å²) in [7, 11) is 0. The number of imidazole rings is 2. The second-order valence-corrected chi connectivity index (χ2v) is 6.85. The molecule has 0 aromatic carbocycles. The minimum atomic E-state index is 0. The molecule has 0 saturated carbocycles. The molecule has 0 bridgehead atoms. The Balaban J connectivity index is 0.000000303.